The van der Waals surface area contributed by atoms with Gasteiger partial charge in [0.15, 0.2) is 0 Å². The third kappa shape index (κ3) is 4.51. The second-order valence-corrected chi connectivity index (χ2v) is 4.34. The van der Waals surface area contributed by atoms with E-state index in [-0.39, 0.29) is 12.5 Å². The van der Waals surface area contributed by atoms with Gasteiger partial charge < -0.3 is 10.4 Å². The number of amides is 1. The Labute approximate surface area is 106 Å². The van der Waals surface area contributed by atoms with Crippen molar-refractivity contribution in [3.05, 3.63) is 29.3 Å². The van der Waals surface area contributed by atoms with Gasteiger partial charge in [-0.2, -0.15) is 11.8 Å². The molecule has 0 saturated carbocycles. The Balaban J connectivity index is 2.79. The summed E-state index contributed by atoms with van der Waals surface area (Å²) in [7, 11) is 0. The van der Waals surface area contributed by atoms with Gasteiger partial charge in [-0.25, -0.2) is 0 Å². The van der Waals surface area contributed by atoms with Gasteiger partial charge in [0.2, 0.25) is 5.91 Å². The largest absolute Gasteiger partial charge is 0.384 e. The van der Waals surface area contributed by atoms with Gasteiger partial charge in [-0.15, -0.1) is 0 Å². The zero-order chi connectivity index (χ0) is 12.7. The minimum absolute atomic E-state index is 0.00482. The Morgan fingerprint density at radius 3 is 2.88 bits per heavy atom. The molecule has 0 spiro atoms. The quantitative estimate of drug-likeness (QED) is 0.801. The van der Waals surface area contributed by atoms with E-state index in [0.717, 1.165) is 16.8 Å². The van der Waals surface area contributed by atoms with Crippen LogP contribution in [-0.2, 0) is 4.79 Å². The molecule has 0 aromatic heterocycles. The highest BCUT2D eigenvalue weighted by Gasteiger charge is 2.03. The Kier molecular flexibility index (Phi) is 5.61. The number of aryl methyl sites for hydroxylation is 1. The minimum atomic E-state index is -0.148. The zero-order valence-corrected chi connectivity index (χ0v) is 10.7. The average molecular weight is 249 g/mol. The molecule has 0 bridgehead atoms. The third-order valence-electron chi connectivity index (χ3n) is 2.09. The van der Waals surface area contributed by atoms with Crippen molar-refractivity contribution in [3.63, 3.8) is 0 Å². The lowest BCUT2D eigenvalue weighted by molar-refractivity contribution is -0.113. The number of aliphatic hydroxyl groups is 1. The first-order valence-corrected chi connectivity index (χ1v) is 6.56. The number of hydrogen-bond acceptors (Lipinski definition) is 3. The molecule has 1 rings (SSSR count). The first kappa shape index (κ1) is 13.6. The standard InChI is InChI=1S/C13H15NO2S/c1-10-8-11(4-3-7-15)5-6-12(10)14-13(16)9-17-2/h5-6,8,15H,7,9H2,1-2H3,(H,14,16). The molecule has 0 fully saturated rings. The van der Waals surface area contributed by atoms with Crippen molar-refractivity contribution < 1.29 is 9.90 Å². The molecule has 0 unspecified atom stereocenters. The molecule has 1 aromatic carbocycles. The lowest BCUT2D eigenvalue weighted by Gasteiger charge is -2.07. The van der Waals surface area contributed by atoms with E-state index in [2.05, 4.69) is 17.2 Å². The number of carbonyl (C=O) groups is 1. The van der Waals surface area contributed by atoms with Crippen LogP contribution in [0.2, 0.25) is 0 Å². The fourth-order valence-electron chi connectivity index (χ4n) is 1.34. The molecule has 17 heavy (non-hydrogen) atoms. The van der Waals surface area contributed by atoms with Crippen LogP contribution in [0.1, 0.15) is 11.1 Å². The highest BCUT2D eigenvalue weighted by molar-refractivity contribution is 7.99. The second kappa shape index (κ2) is 7.00. The van der Waals surface area contributed by atoms with Crippen molar-refractivity contribution in [2.45, 2.75) is 6.92 Å². The predicted octanol–water partition coefficient (Wildman–Crippen LogP) is 1.64. The van der Waals surface area contributed by atoms with Crippen LogP contribution in [0.5, 0.6) is 0 Å². The molecule has 2 N–H and O–H groups in total. The summed E-state index contributed by atoms with van der Waals surface area (Å²) >= 11 is 1.49. The van der Waals surface area contributed by atoms with Gasteiger partial charge in [0, 0.05) is 11.3 Å². The fourth-order valence-corrected chi connectivity index (χ4v) is 1.68. The molecule has 1 amide bonds. The molecule has 0 radical (unpaired) electrons. The van der Waals surface area contributed by atoms with Crippen LogP contribution < -0.4 is 5.32 Å². The van der Waals surface area contributed by atoms with Gasteiger partial charge in [0.1, 0.15) is 6.61 Å². The molecule has 0 saturated heterocycles. The number of nitrogens with one attached hydrogen (secondary N) is 1. The number of rotatable bonds is 3. The molecular weight excluding hydrogens is 234 g/mol. The summed E-state index contributed by atoms with van der Waals surface area (Å²) in [5.41, 5.74) is 2.60. The summed E-state index contributed by atoms with van der Waals surface area (Å²) in [5, 5.41) is 11.4. The summed E-state index contributed by atoms with van der Waals surface area (Å²) in [4.78, 5) is 11.4. The first-order valence-electron chi connectivity index (χ1n) is 5.16. The van der Waals surface area contributed by atoms with Crippen LogP contribution >= 0.6 is 11.8 Å². The summed E-state index contributed by atoms with van der Waals surface area (Å²) in [6.45, 7) is 1.77. The van der Waals surface area contributed by atoms with E-state index in [9.17, 15) is 4.79 Å². The SMILES string of the molecule is CSCC(=O)Nc1ccc(C#CCO)cc1C. The number of benzene rings is 1. The van der Waals surface area contributed by atoms with E-state index in [1.807, 2.05) is 31.4 Å². The molecule has 1 aromatic rings. The van der Waals surface area contributed by atoms with Crippen LogP contribution in [0.15, 0.2) is 18.2 Å². The third-order valence-corrected chi connectivity index (χ3v) is 2.64. The Morgan fingerprint density at radius 2 is 2.29 bits per heavy atom. The summed E-state index contributed by atoms with van der Waals surface area (Å²) < 4.78 is 0. The Morgan fingerprint density at radius 1 is 1.53 bits per heavy atom. The van der Waals surface area contributed by atoms with Crippen molar-refractivity contribution in [1.82, 2.24) is 0 Å². The minimum Gasteiger partial charge on any atom is -0.384 e. The van der Waals surface area contributed by atoms with Crippen molar-refractivity contribution in [2.75, 3.05) is 23.9 Å². The zero-order valence-electron chi connectivity index (χ0n) is 9.91. The normalized spacial score (nSPS) is 9.35. The van der Waals surface area contributed by atoms with Gasteiger partial charge in [-0.05, 0) is 36.9 Å². The monoisotopic (exact) mass is 249 g/mol. The molecule has 0 aliphatic rings. The van der Waals surface area contributed by atoms with Crippen molar-refractivity contribution in [2.24, 2.45) is 0 Å². The smallest absolute Gasteiger partial charge is 0.234 e. The number of thioether (sulfide) groups is 1. The fraction of sp³-hybridized carbons (Fsp3) is 0.308. The molecule has 4 heteroatoms. The van der Waals surface area contributed by atoms with Gasteiger partial charge in [-0.1, -0.05) is 11.8 Å². The Bertz CT molecular complexity index is 460. The number of carbonyl (C=O) groups excluding carboxylic acids is 1. The van der Waals surface area contributed by atoms with Crippen molar-refractivity contribution >= 4 is 23.4 Å². The summed E-state index contributed by atoms with van der Waals surface area (Å²) in [6, 6.07) is 5.54. The molecule has 0 aliphatic heterocycles. The predicted molar refractivity (Wildman–Crippen MR) is 72.2 cm³/mol. The lowest BCUT2D eigenvalue weighted by atomic mass is 10.1. The van der Waals surface area contributed by atoms with E-state index < -0.39 is 0 Å². The van der Waals surface area contributed by atoms with Gasteiger partial charge in [0.25, 0.3) is 0 Å². The maximum absolute atomic E-state index is 11.4. The van der Waals surface area contributed by atoms with Crippen LogP contribution in [0.25, 0.3) is 0 Å². The average Bonchev–Trinajstić information content (AvgIpc) is 2.30. The Hall–Kier alpha value is -1.44. The number of anilines is 1. The maximum atomic E-state index is 11.4. The highest BCUT2D eigenvalue weighted by Crippen LogP contribution is 2.16. The van der Waals surface area contributed by atoms with Crippen LogP contribution in [-0.4, -0.2) is 29.6 Å². The maximum Gasteiger partial charge on any atom is 0.234 e. The molecule has 0 heterocycles. The molecule has 0 aliphatic carbocycles. The lowest BCUT2D eigenvalue weighted by Crippen LogP contribution is -2.14. The summed E-state index contributed by atoms with van der Waals surface area (Å²) in [6.07, 6.45) is 1.89. The summed E-state index contributed by atoms with van der Waals surface area (Å²) in [5.74, 6) is 5.86. The van der Waals surface area contributed by atoms with Crippen molar-refractivity contribution in [3.8, 4) is 11.8 Å². The van der Waals surface area contributed by atoms with E-state index in [4.69, 9.17) is 5.11 Å². The van der Waals surface area contributed by atoms with Gasteiger partial charge in [0.05, 0.1) is 5.75 Å². The van der Waals surface area contributed by atoms with Crippen molar-refractivity contribution in [1.29, 1.82) is 0 Å². The second-order valence-electron chi connectivity index (χ2n) is 3.47. The van der Waals surface area contributed by atoms with E-state index in [1.54, 1.807) is 0 Å². The van der Waals surface area contributed by atoms with Gasteiger partial charge >= 0.3 is 0 Å². The number of hydrogen-bond donors (Lipinski definition) is 2. The van der Waals surface area contributed by atoms with Crippen LogP contribution in [0, 0.1) is 18.8 Å². The van der Waals surface area contributed by atoms with Crippen LogP contribution in [0.4, 0.5) is 5.69 Å². The van der Waals surface area contributed by atoms with Crippen LogP contribution in [0.3, 0.4) is 0 Å². The first-order chi connectivity index (χ1) is 8.17. The van der Waals surface area contributed by atoms with Gasteiger partial charge in [-0.3, -0.25) is 4.79 Å². The highest BCUT2D eigenvalue weighted by atomic mass is 32.2. The van der Waals surface area contributed by atoms with E-state index in [0.29, 0.717) is 5.75 Å². The molecule has 90 valence electrons. The molecular formula is C13H15NO2S. The van der Waals surface area contributed by atoms with E-state index in [1.165, 1.54) is 11.8 Å². The number of aliphatic hydroxyl groups excluding tert-OH is 1. The molecule has 3 nitrogen and oxygen atoms in total. The topological polar surface area (TPSA) is 49.3 Å². The molecule has 0 atom stereocenters. The van der Waals surface area contributed by atoms with E-state index >= 15 is 0 Å².